The van der Waals surface area contributed by atoms with Crippen molar-refractivity contribution in [3.63, 3.8) is 0 Å². The van der Waals surface area contributed by atoms with Gasteiger partial charge in [0.2, 0.25) is 0 Å². The summed E-state index contributed by atoms with van der Waals surface area (Å²) in [6.07, 6.45) is 8.79. The molecule has 0 atom stereocenters. The van der Waals surface area contributed by atoms with Gasteiger partial charge in [-0.05, 0) is 31.4 Å². The van der Waals surface area contributed by atoms with Crippen molar-refractivity contribution < 1.29 is 4.79 Å². The molecule has 1 aliphatic rings. The molecule has 0 aliphatic heterocycles. The van der Waals surface area contributed by atoms with Crippen LogP contribution in [0.25, 0.3) is 0 Å². The second kappa shape index (κ2) is 5.24. The number of hydrogen-bond donors (Lipinski definition) is 0. The molecule has 2 heteroatoms. The minimum absolute atomic E-state index is 0.249. The number of aromatic nitrogens is 1. The molecule has 0 saturated heterocycles. The molecule has 1 heterocycles. The quantitative estimate of drug-likeness (QED) is 0.722. The summed E-state index contributed by atoms with van der Waals surface area (Å²) in [5.74, 6) is 1.04. The van der Waals surface area contributed by atoms with Gasteiger partial charge >= 0.3 is 0 Å². The van der Waals surface area contributed by atoms with Gasteiger partial charge in [0.15, 0.2) is 5.78 Å². The van der Waals surface area contributed by atoms with Crippen molar-refractivity contribution in [2.45, 2.75) is 45.4 Å². The first-order valence-corrected chi connectivity index (χ1v) is 6.21. The minimum Gasteiger partial charge on any atom is -0.294 e. The summed E-state index contributed by atoms with van der Waals surface area (Å²) in [5.41, 5.74) is 1.73. The molecule has 1 aromatic rings. The predicted octanol–water partition coefficient (Wildman–Crippen LogP) is 3.54. The van der Waals surface area contributed by atoms with Crippen LogP contribution in [0.1, 0.15) is 54.6 Å². The number of Topliss-reactive ketones (excluding diaryl/α,β-unsaturated/α-hetero) is 1. The zero-order chi connectivity index (χ0) is 11.4. The highest BCUT2D eigenvalue weighted by Crippen LogP contribution is 2.28. The van der Waals surface area contributed by atoms with Crippen LogP contribution in [0.5, 0.6) is 0 Å². The number of nitrogens with zero attached hydrogens (tertiary/aromatic N) is 1. The van der Waals surface area contributed by atoms with E-state index in [-0.39, 0.29) is 5.78 Å². The summed E-state index contributed by atoms with van der Waals surface area (Å²) < 4.78 is 0. The Balaban J connectivity index is 1.85. The molecule has 1 aliphatic carbocycles. The molecule has 0 radical (unpaired) electrons. The standard InChI is InChI=1S/C14H19NO/c1-11-6-8-13(10-15-11)14(16)9-7-12-4-2-3-5-12/h6,8,10,12H,2-5,7,9H2,1H3. The van der Waals surface area contributed by atoms with E-state index in [0.717, 1.165) is 23.6 Å². The SMILES string of the molecule is Cc1ccc(C(=O)CCC2CCCC2)cn1. The molecule has 0 spiro atoms. The average molecular weight is 217 g/mol. The summed E-state index contributed by atoms with van der Waals surface area (Å²) in [6, 6.07) is 3.79. The van der Waals surface area contributed by atoms with E-state index in [1.54, 1.807) is 6.20 Å². The Labute approximate surface area is 97.1 Å². The number of carbonyl (C=O) groups is 1. The van der Waals surface area contributed by atoms with Gasteiger partial charge in [-0.25, -0.2) is 0 Å². The predicted molar refractivity (Wildman–Crippen MR) is 64.5 cm³/mol. The van der Waals surface area contributed by atoms with Gasteiger partial charge in [0.1, 0.15) is 0 Å². The average Bonchev–Trinajstić information content (AvgIpc) is 2.80. The van der Waals surface area contributed by atoms with Gasteiger partial charge in [-0.3, -0.25) is 9.78 Å². The molecule has 1 saturated carbocycles. The Bertz CT molecular complexity index is 350. The van der Waals surface area contributed by atoms with E-state index < -0.39 is 0 Å². The van der Waals surface area contributed by atoms with Gasteiger partial charge in [-0.1, -0.05) is 25.7 Å². The Morgan fingerprint density at radius 3 is 2.75 bits per heavy atom. The van der Waals surface area contributed by atoms with Gasteiger partial charge in [0.25, 0.3) is 0 Å². The normalized spacial score (nSPS) is 16.6. The maximum absolute atomic E-state index is 11.9. The maximum atomic E-state index is 11.9. The Kier molecular flexibility index (Phi) is 3.70. The largest absolute Gasteiger partial charge is 0.294 e. The van der Waals surface area contributed by atoms with E-state index in [4.69, 9.17) is 0 Å². The third-order valence-electron chi connectivity index (χ3n) is 3.49. The van der Waals surface area contributed by atoms with Crippen molar-refractivity contribution in [1.29, 1.82) is 0 Å². The van der Waals surface area contributed by atoms with E-state index in [2.05, 4.69) is 4.98 Å². The van der Waals surface area contributed by atoms with Crippen LogP contribution in [0.2, 0.25) is 0 Å². The van der Waals surface area contributed by atoms with Crippen molar-refractivity contribution in [1.82, 2.24) is 4.98 Å². The number of ketones is 1. The first kappa shape index (κ1) is 11.3. The summed E-state index contributed by atoms with van der Waals surface area (Å²) in [6.45, 7) is 1.94. The number of carbonyl (C=O) groups excluding carboxylic acids is 1. The number of hydrogen-bond acceptors (Lipinski definition) is 2. The molecule has 0 aromatic carbocycles. The van der Waals surface area contributed by atoms with E-state index in [1.807, 2.05) is 19.1 Å². The van der Waals surface area contributed by atoms with Crippen LogP contribution in [0.4, 0.5) is 0 Å². The van der Waals surface area contributed by atoms with Crippen LogP contribution in [0.3, 0.4) is 0 Å². The fraction of sp³-hybridized carbons (Fsp3) is 0.571. The van der Waals surface area contributed by atoms with Crippen molar-refractivity contribution in [2.24, 2.45) is 5.92 Å². The molecule has 2 nitrogen and oxygen atoms in total. The van der Waals surface area contributed by atoms with E-state index >= 15 is 0 Å². The van der Waals surface area contributed by atoms with Crippen LogP contribution in [-0.2, 0) is 0 Å². The van der Waals surface area contributed by atoms with Crippen LogP contribution in [0.15, 0.2) is 18.3 Å². The fourth-order valence-corrected chi connectivity index (χ4v) is 2.41. The molecular weight excluding hydrogens is 198 g/mol. The molecule has 0 amide bonds. The Morgan fingerprint density at radius 2 is 2.12 bits per heavy atom. The highest BCUT2D eigenvalue weighted by atomic mass is 16.1. The fourth-order valence-electron chi connectivity index (χ4n) is 2.41. The first-order valence-electron chi connectivity index (χ1n) is 6.21. The van der Waals surface area contributed by atoms with Gasteiger partial charge in [-0.2, -0.15) is 0 Å². The maximum Gasteiger partial charge on any atom is 0.164 e. The lowest BCUT2D eigenvalue weighted by Gasteiger charge is -2.07. The summed E-state index contributed by atoms with van der Waals surface area (Å²) in [4.78, 5) is 16.0. The summed E-state index contributed by atoms with van der Waals surface area (Å²) in [5, 5.41) is 0. The minimum atomic E-state index is 0.249. The van der Waals surface area contributed by atoms with Gasteiger partial charge in [0.05, 0.1) is 0 Å². The topological polar surface area (TPSA) is 30.0 Å². The monoisotopic (exact) mass is 217 g/mol. The third-order valence-corrected chi connectivity index (χ3v) is 3.49. The molecule has 16 heavy (non-hydrogen) atoms. The van der Waals surface area contributed by atoms with Gasteiger partial charge in [-0.15, -0.1) is 0 Å². The second-order valence-electron chi connectivity index (χ2n) is 4.80. The zero-order valence-electron chi connectivity index (χ0n) is 9.91. The third kappa shape index (κ3) is 2.91. The van der Waals surface area contributed by atoms with Crippen molar-refractivity contribution in [2.75, 3.05) is 0 Å². The molecule has 86 valence electrons. The van der Waals surface area contributed by atoms with Crippen LogP contribution in [0, 0.1) is 12.8 Å². The molecule has 1 aromatic heterocycles. The van der Waals surface area contributed by atoms with Crippen molar-refractivity contribution >= 4 is 5.78 Å². The van der Waals surface area contributed by atoms with E-state index in [9.17, 15) is 4.79 Å². The molecule has 2 rings (SSSR count). The van der Waals surface area contributed by atoms with Crippen LogP contribution < -0.4 is 0 Å². The lowest BCUT2D eigenvalue weighted by molar-refractivity contribution is 0.0973. The van der Waals surface area contributed by atoms with Crippen LogP contribution in [-0.4, -0.2) is 10.8 Å². The number of aryl methyl sites for hydroxylation is 1. The summed E-state index contributed by atoms with van der Waals surface area (Å²) in [7, 11) is 0. The lowest BCUT2D eigenvalue weighted by atomic mass is 9.98. The lowest BCUT2D eigenvalue weighted by Crippen LogP contribution is -2.03. The molecular formula is C14H19NO. The molecule has 0 unspecified atom stereocenters. The smallest absolute Gasteiger partial charge is 0.164 e. The zero-order valence-corrected chi connectivity index (χ0v) is 9.91. The van der Waals surface area contributed by atoms with Crippen molar-refractivity contribution in [3.8, 4) is 0 Å². The van der Waals surface area contributed by atoms with Gasteiger partial charge in [0, 0.05) is 23.9 Å². The number of pyridine rings is 1. The molecule has 0 bridgehead atoms. The first-order chi connectivity index (χ1) is 7.75. The Hall–Kier alpha value is -1.18. The van der Waals surface area contributed by atoms with Gasteiger partial charge < -0.3 is 0 Å². The van der Waals surface area contributed by atoms with Crippen LogP contribution >= 0.6 is 0 Å². The molecule has 0 N–H and O–H groups in total. The number of rotatable bonds is 4. The van der Waals surface area contributed by atoms with E-state index in [0.29, 0.717) is 6.42 Å². The second-order valence-corrected chi connectivity index (χ2v) is 4.80. The van der Waals surface area contributed by atoms with E-state index in [1.165, 1.54) is 25.7 Å². The highest BCUT2D eigenvalue weighted by molar-refractivity contribution is 5.95. The Morgan fingerprint density at radius 1 is 1.38 bits per heavy atom. The van der Waals surface area contributed by atoms with Crippen molar-refractivity contribution in [3.05, 3.63) is 29.6 Å². The highest BCUT2D eigenvalue weighted by Gasteiger charge is 2.16. The summed E-state index contributed by atoms with van der Waals surface area (Å²) >= 11 is 0. The molecule has 1 fully saturated rings.